The fraction of sp³-hybridized carbons (Fsp3) is 0.491. The molecule has 2 heterocycles. The van der Waals surface area contributed by atoms with Crippen LogP contribution in [0.5, 0.6) is 11.5 Å². The maximum absolute atomic E-state index is 13.3. The average Bonchev–Trinajstić information content (AvgIpc) is 3.74. The number of methoxy groups -OCH3 is 1. The summed E-state index contributed by atoms with van der Waals surface area (Å²) in [7, 11) is 3.66. The third-order valence-corrected chi connectivity index (χ3v) is 14.4. The predicted molar refractivity (Wildman–Crippen MR) is 247 cm³/mol. The first-order chi connectivity index (χ1) is 29.7. The Bertz CT molecular complexity index is 2110. The quantitative estimate of drug-likeness (QED) is 0.0513. The molecule has 7 rings (SSSR count). The molecule has 2 aliphatic carbocycles. The third-order valence-electron chi connectivity index (χ3n) is 14.4. The van der Waals surface area contributed by atoms with Crippen molar-refractivity contribution in [2.75, 3.05) is 33.0 Å². The maximum atomic E-state index is 13.3. The summed E-state index contributed by atoms with van der Waals surface area (Å²) in [5.41, 5.74) is 14.1. The summed E-state index contributed by atoms with van der Waals surface area (Å²) in [6.07, 6.45) is 21.6. The second-order valence-electron chi connectivity index (χ2n) is 18.4. The number of Topliss-reactive ketones (excluding diaryl/α,β-unsaturated/α-hetero) is 1. The Kier molecular flexibility index (Phi) is 15.5. The molecule has 2 saturated carbocycles. The van der Waals surface area contributed by atoms with Crippen LogP contribution in [-0.4, -0.2) is 54.9 Å². The van der Waals surface area contributed by atoms with Gasteiger partial charge in [-0.1, -0.05) is 73.5 Å². The lowest BCUT2D eigenvalue weighted by Gasteiger charge is -2.49. The van der Waals surface area contributed by atoms with Gasteiger partial charge in [-0.25, -0.2) is 4.98 Å². The second-order valence-corrected chi connectivity index (χ2v) is 18.4. The number of piperidine rings is 1. The van der Waals surface area contributed by atoms with E-state index in [-0.39, 0.29) is 23.7 Å². The predicted octanol–water partition coefficient (Wildman–Crippen LogP) is 9.43. The Morgan fingerprint density at radius 2 is 1.67 bits per heavy atom. The summed E-state index contributed by atoms with van der Waals surface area (Å²) in [5, 5.41) is 18.2. The van der Waals surface area contributed by atoms with E-state index in [0.29, 0.717) is 41.8 Å². The van der Waals surface area contributed by atoms with Crippen LogP contribution in [0.4, 0.5) is 5.82 Å². The first-order valence-electron chi connectivity index (χ1n) is 23.1. The zero-order chi connectivity index (χ0) is 42.6. The van der Waals surface area contributed by atoms with Crippen LogP contribution in [0.2, 0.25) is 0 Å². The van der Waals surface area contributed by atoms with Gasteiger partial charge in [-0.2, -0.15) is 0 Å². The lowest BCUT2D eigenvalue weighted by atomic mass is 9.61. The molecule has 1 aromatic heterocycles. The van der Waals surface area contributed by atoms with Gasteiger partial charge >= 0.3 is 0 Å². The van der Waals surface area contributed by atoms with Crippen LogP contribution in [-0.2, 0) is 41.7 Å². The molecule has 0 radical (unpaired) electrons. The minimum absolute atomic E-state index is 0.00909. The summed E-state index contributed by atoms with van der Waals surface area (Å²) >= 11 is 0. The van der Waals surface area contributed by atoms with E-state index >= 15 is 0 Å². The lowest BCUT2D eigenvalue weighted by molar-refractivity contribution is -0.124. The molecule has 8 heteroatoms. The number of phenolic OH excluding ortho intramolecular Hbond substituents is 1. The highest BCUT2D eigenvalue weighted by Crippen LogP contribution is 2.52. The number of hydrogen-bond donors (Lipinski definition) is 4. The molecular formula is C53H68N4O4. The number of aromatic nitrogens is 1. The van der Waals surface area contributed by atoms with Crippen molar-refractivity contribution in [3.63, 3.8) is 0 Å². The van der Waals surface area contributed by atoms with Crippen LogP contribution in [0.15, 0.2) is 85.1 Å². The van der Waals surface area contributed by atoms with Crippen molar-refractivity contribution in [3.05, 3.63) is 124 Å². The van der Waals surface area contributed by atoms with Crippen molar-refractivity contribution in [1.82, 2.24) is 15.6 Å². The van der Waals surface area contributed by atoms with E-state index in [2.05, 4.69) is 77.3 Å². The van der Waals surface area contributed by atoms with E-state index in [9.17, 15) is 14.7 Å². The van der Waals surface area contributed by atoms with E-state index in [1.54, 1.807) is 18.2 Å². The van der Waals surface area contributed by atoms with Crippen LogP contribution in [0.25, 0.3) is 6.08 Å². The number of rotatable bonds is 20. The van der Waals surface area contributed by atoms with Crippen LogP contribution in [0.1, 0.15) is 116 Å². The summed E-state index contributed by atoms with van der Waals surface area (Å²) < 4.78 is 5.46. The number of aromatic hydroxyl groups is 1. The molecule has 3 fully saturated rings. The fourth-order valence-corrected chi connectivity index (χ4v) is 11.1. The third kappa shape index (κ3) is 12.0. The van der Waals surface area contributed by atoms with Gasteiger partial charge in [-0.15, -0.1) is 0 Å². The molecule has 4 aromatic rings. The van der Waals surface area contributed by atoms with Gasteiger partial charge < -0.3 is 26.2 Å². The fourth-order valence-electron chi connectivity index (χ4n) is 11.1. The number of ether oxygens (including phenoxy) is 1. The van der Waals surface area contributed by atoms with Gasteiger partial charge in [0.05, 0.1) is 13.5 Å². The Morgan fingerprint density at radius 1 is 0.918 bits per heavy atom. The number of nitrogens with zero attached hydrogens (tertiary/aromatic N) is 1. The molecule has 3 aromatic carbocycles. The number of ketones is 2. The number of nitrogens with one attached hydrogen (secondary N) is 2. The largest absolute Gasteiger partial charge is 0.504 e. The molecule has 5 N–H and O–H groups in total. The van der Waals surface area contributed by atoms with Crippen molar-refractivity contribution >= 4 is 23.5 Å². The minimum Gasteiger partial charge on any atom is -0.504 e. The van der Waals surface area contributed by atoms with Gasteiger partial charge in [-0.05, 0) is 190 Å². The van der Waals surface area contributed by atoms with Gasteiger partial charge in [-0.3, -0.25) is 9.59 Å². The monoisotopic (exact) mass is 825 g/mol. The summed E-state index contributed by atoms with van der Waals surface area (Å²) in [4.78, 5) is 31.0. The average molecular weight is 825 g/mol. The molecule has 0 amide bonds. The summed E-state index contributed by atoms with van der Waals surface area (Å²) in [6.45, 7) is 2.30. The molecule has 0 spiro atoms. The van der Waals surface area contributed by atoms with Gasteiger partial charge in [0.15, 0.2) is 17.3 Å². The molecule has 324 valence electrons. The van der Waals surface area contributed by atoms with Gasteiger partial charge in [0.2, 0.25) is 0 Å². The topological polar surface area (TPSA) is 127 Å². The highest BCUT2D eigenvalue weighted by molar-refractivity contribution is 6.06. The van der Waals surface area contributed by atoms with E-state index in [1.165, 1.54) is 81.2 Å². The molecule has 61 heavy (non-hydrogen) atoms. The number of phenols is 1. The smallest absolute Gasteiger partial charge is 0.163 e. The van der Waals surface area contributed by atoms with Gasteiger partial charge in [0, 0.05) is 18.7 Å². The molecule has 1 aliphatic heterocycles. The first kappa shape index (κ1) is 44.3. The Balaban J connectivity index is 0.961. The number of allylic oxidation sites excluding steroid dienone is 1. The van der Waals surface area contributed by atoms with Gasteiger partial charge in [0.25, 0.3) is 0 Å². The number of nitrogen functional groups attached to an aromatic ring is 1. The molecule has 8 nitrogen and oxygen atoms in total. The standard InChI is InChI=1S/C53H68N4O4/c1-55-49-22-20-42-35-56-27-23-47(42)48(49)34-53(24-6-7-25-53)26-9-14-45(58)33-46(59)21-19-40-31-51(61-2)50(60)30-43(40)29-44-36-57-52(54)32-41(44)18-17-39-13-8-12-38(28-39)16-15-37-10-4-3-5-11-37/h3-5,8,10-13,19,21,28,30-32,36,42,47-49,55-56,60H,6-7,9,14-18,20,22-27,29,33-35H2,1-2H3,(H2,54,57)/b21-19+/t42-,47+,48-,49-/m1/s1. The highest BCUT2D eigenvalue weighted by atomic mass is 16.5. The zero-order valence-electron chi connectivity index (χ0n) is 36.6. The number of hydrogen-bond acceptors (Lipinski definition) is 8. The Hall–Kier alpha value is -4.79. The van der Waals surface area contributed by atoms with Crippen LogP contribution >= 0.6 is 0 Å². The van der Waals surface area contributed by atoms with Crippen molar-refractivity contribution in [3.8, 4) is 11.5 Å². The van der Waals surface area contributed by atoms with E-state index < -0.39 is 0 Å². The number of carbonyl (C=O) groups is 2. The Morgan fingerprint density at radius 3 is 2.44 bits per heavy atom. The van der Waals surface area contributed by atoms with Crippen molar-refractivity contribution in [1.29, 1.82) is 0 Å². The molecule has 3 aliphatic rings. The SMILES string of the molecule is CN[C@@H]1CC[C@@H]2CNCC[C@@H]2[C@H]1CC1(CCCC(=O)CC(=O)/C=C/c2cc(OC)c(O)cc2Cc2cnc(N)cc2CCc2cccc(CCc3ccccc3)c2)CCCC1. The number of aryl methyl sites for hydroxylation is 4. The van der Waals surface area contributed by atoms with E-state index in [1.807, 2.05) is 12.3 Å². The van der Waals surface area contributed by atoms with Crippen LogP contribution in [0, 0.1) is 23.2 Å². The highest BCUT2D eigenvalue weighted by Gasteiger charge is 2.45. The normalized spacial score (nSPS) is 21.0. The molecular weight excluding hydrogens is 757 g/mol. The molecule has 4 atom stereocenters. The van der Waals surface area contributed by atoms with Crippen LogP contribution < -0.4 is 21.1 Å². The number of carbonyl (C=O) groups excluding carboxylic acids is 2. The van der Waals surface area contributed by atoms with Crippen molar-refractivity contribution in [2.24, 2.45) is 23.2 Å². The number of anilines is 1. The second kappa shape index (κ2) is 21.3. The summed E-state index contributed by atoms with van der Waals surface area (Å²) in [5.74, 6) is 2.89. The molecule has 0 bridgehead atoms. The first-order valence-corrected chi connectivity index (χ1v) is 23.1. The minimum atomic E-state index is -0.213. The van der Waals surface area contributed by atoms with E-state index in [4.69, 9.17) is 10.5 Å². The number of nitrogens with two attached hydrogens (primary N) is 1. The Labute approximate surface area is 364 Å². The van der Waals surface area contributed by atoms with Crippen LogP contribution in [0.3, 0.4) is 0 Å². The molecule has 0 unspecified atom stereocenters. The van der Waals surface area contributed by atoms with Gasteiger partial charge in [0.1, 0.15) is 11.6 Å². The lowest BCUT2D eigenvalue weighted by Crippen LogP contribution is -2.51. The number of pyridine rings is 1. The van der Waals surface area contributed by atoms with E-state index in [0.717, 1.165) is 85.7 Å². The molecule has 1 saturated heterocycles. The zero-order valence-corrected chi connectivity index (χ0v) is 36.6. The summed E-state index contributed by atoms with van der Waals surface area (Å²) in [6, 6.07) is 25.4. The van der Waals surface area contributed by atoms with Crippen molar-refractivity contribution < 1.29 is 19.4 Å². The number of benzene rings is 3. The maximum Gasteiger partial charge on any atom is 0.163 e. The number of fused-ring (bicyclic) bond motifs is 1. The van der Waals surface area contributed by atoms with Crippen molar-refractivity contribution in [2.45, 2.75) is 115 Å².